The van der Waals surface area contributed by atoms with Crippen LogP contribution in [0.5, 0.6) is 0 Å². The Kier molecular flexibility index (Phi) is 3.23. The van der Waals surface area contributed by atoms with Crippen molar-refractivity contribution < 1.29 is 4.79 Å². The zero-order chi connectivity index (χ0) is 12.3. The van der Waals surface area contributed by atoms with Gasteiger partial charge in [-0.25, -0.2) is 4.68 Å². The molecule has 0 saturated carbocycles. The molecule has 0 fully saturated rings. The van der Waals surface area contributed by atoms with E-state index < -0.39 is 0 Å². The van der Waals surface area contributed by atoms with Gasteiger partial charge in [-0.15, -0.1) is 0 Å². The SMILES string of the molecule is CC(C)NC(=O)c1ccn(-c2ccccc2)n1. The molecule has 0 aliphatic rings. The first-order valence-electron chi connectivity index (χ1n) is 5.59. The first-order chi connectivity index (χ1) is 8.16. The lowest BCUT2D eigenvalue weighted by Crippen LogP contribution is -2.30. The average Bonchev–Trinajstić information content (AvgIpc) is 2.78. The average molecular weight is 229 g/mol. The molecule has 88 valence electrons. The molecule has 2 aromatic rings. The van der Waals surface area contributed by atoms with Crippen LogP contribution in [0.1, 0.15) is 24.3 Å². The van der Waals surface area contributed by atoms with Gasteiger partial charge in [0.25, 0.3) is 5.91 Å². The predicted octanol–water partition coefficient (Wildman–Crippen LogP) is 2.01. The third-order valence-corrected chi connectivity index (χ3v) is 2.26. The second kappa shape index (κ2) is 4.82. The second-order valence-electron chi connectivity index (χ2n) is 4.11. The fraction of sp³-hybridized carbons (Fsp3) is 0.231. The molecule has 0 spiro atoms. The van der Waals surface area contributed by atoms with Crippen LogP contribution in [0, 0.1) is 0 Å². The van der Waals surface area contributed by atoms with Crippen LogP contribution in [-0.4, -0.2) is 21.7 Å². The number of carbonyl (C=O) groups excluding carboxylic acids is 1. The van der Waals surface area contributed by atoms with Crippen LogP contribution in [-0.2, 0) is 0 Å². The molecule has 0 aliphatic heterocycles. The van der Waals surface area contributed by atoms with E-state index in [0.29, 0.717) is 5.69 Å². The summed E-state index contributed by atoms with van der Waals surface area (Å²) in [6, 6.07) is 11.5. The molecule has 2 rings (SSSR count). The Bertz CT molecular complexity index is 502. The number of para-hydroxylation sites is 1. The molecule has 17 heavy (non-hydrogen) atoms. The lowest BCUT2D eigenvalue weighted by Gasteiger charge is -2.05. The molecule has 1 aromatic heterocycles. The van der Waals surface area contributed by atoms with Crippen LogP contribution in [0.2, 0.25) is 0 Å². The van der Waals surface area contributed by atoms with Gasteiger partial charge < -0.3 is 5.32 Å². The summed E-state index contributed by atoms with van der Waals surface area (Å²) in [6.45, 7) is 3.85. The van der Waals surface area contributed by atoms with E-state index in [0.717, 1.165) is 5.69 Å². The summed E-state index contributed by atoms with van der Waals surface area (Å²) >= 11 is 0. The fourth-order valence-corrected chi connectivity index (χ4v) is 1.51. The Labute approximate surface area is 100 Å². The van der Waals surface area contributed by atoms with Gasteiger partial charge in [0.15, 0.2) is 5.69 Å². The topological polar surface area (TPSA) is 46.9 Å². The van der Waals surface area contributed by atoms with Crippen molar-refractivity contribution >= 4 is 5.91 Å². The van der Waals surface area contributed by atoms with Crippen molar-refractivity contribution in [2.45, 2.75) is 19.9 Å². The fourth-order valence-electron chi connectivity index (χ4n) is 1.51. The Morgan fingerprint density at radius 1 is 1.24 bits per heavy atom. The smallest absolute Gasteiger partial charge is 0.271 e. The molecular weight excluding hydrogens is 214 g/mol. The maximum atomic E-state index is 11.7. The van der Waals surface area contributed by atoms with E-state index in [2.05, 4.69) is 10.4 Å². The van der Waals surface area contributed by atoms with Crippen molar-refractivity contribution in [2.75, 3.05) is 0 Å². The number of rotatable bonds is 3. The molecule has 0 atom stereocenters. The van der Waals surface area contributed by atoms with Crippen LogP contribution in [0.15, 0.2) is 42.6 Å². The summed E-state index contributed by atoms with van der Waals surface area (Å²) in [5.41, 5.74) is 1.37. The van der Waals surface area contributed by atoms with Crippen LogP contribution < -0.4 is 5.32 Å². The highest BCUT2D eigenvalue weighted by Gasteiger charge is 2.10. The van der Waals surface area contributed by atoms with E-state index in [1.165, 1.54) is 0 Å². The molecule has 0 radical (unpaired) electrons. The largest absolute Gasteiger partial charge is 0.348 e. The van der Waals surface area contributed by atoms with E-state index in [1.54, 1.807) is 16.9 Å². The third kappa shape index (κ3) is 2.72. The van der Waals surface area contributed by atoms with Crippen LogP contribution in [0.25, 0.3) is 5.69 Å². The van der Waals surface area contributed by atoms with Gasteiger partial charge in [0.05, 0.1) is 5.69 Å². The molecule has 1 heterocycles. The van der Waals surface area contributed by atoms with Crippen molar-refractivity contribution in [3.8, 4) is 5.69 Å². The maximum Gasteiger partial charge on any atom is 0.271 e. The summed E-state index contributed by atoms with van der Waals surface area (Å²) in [4.78, 5) is 11.7. The normalized spacial score (nSPS) is 10.5. The van der Waals surface area contributed by atoms with Gasteiger partial charge in [0.2, 0.25) is 0 Å². The molecule has 0 saturated heterocycles. The summed E-state index contributed by atoms with van der Waals surface area (Å²) < 4.78 is 1.69. The lowest BCUT2D eigenvalue weighted by molar-refractivity contribution is 0.0937. The number of nitrogens with zero attached hydrogens (tertiary/aromatic N) is 2. The lowest BCUT2D eigenvalue weighted by atomic mass is 10.3. The molecule has 0 aliphatic carbocycles. The van der Waals surface area contributed by atoms with Crippen LogP contribution >= 0.6 is 0 Å². The Balaban J connectivity index is 2.19. The molecular formula is C13H15N3O. The minimum atomic E-state index is -0.144. The third-order valence-electron chi connectivity index (χ3n) is 2.26. The van der Waals surface area contributed by atoms with Crippen molar-refractivity contribution in [2.24, 2.45) is 0 Å². The van der Waals surface area contributed by atoms with E-state index >= 15 is 0 Å². The molecule has 1 amide bonds. The number of hydrogen-bond acceptors (Lipinski definition) is 2. The summed E-state index contributed by atoms with van der Waals surface area (Å²) in [7, 11) is 0. The zero-order valence-electron chi connectivity index (χ0n) is 9.92. The first kappa shape index (κ1) is 11.4. The van der Waals surface area contributed by atoms with Gasteiger partial charge >= 0.3 is 0 Å². The number of benzene rings is 1. The molecule has 0 unspecified atom stereocenters. The van der Waals surface area contributed by atoms with Gasteiger partial charge in [-0.05, 0) is 32.0 Å². The quantitative estimate of drug-likeness (QED) is 0.875. The Morgan fingerprint density at radius 3 is 2.59 bits per heavy atom. The van der Waals surface area contributed by atoms with Crippen LogP contribution in [0.3, 0.4) is 0 Å². The number of nitrogens with one attached hydrogen (secondary N) is 1. The van der Waals surface area contributed by atoms with Crippen molar-refractivity contribution in [3.63, 3.8) is 0 Å². The van der Waals surface area contributed by atoms with E-state index in [1.807, 2.05) is 44.2 Å². The molecule has 0 bridgehead atoms. The van der Waals surface area contributed by atoms with E-state index in [4.69, 9.17) is 0 Å². The monoisotopic (exact) mass is 229 g/mol. The highest BCUT2D eigenvalue weighted by atomic mass is 16.2. The van der Waals surface area contributed by atoms with Crippen LogP contribution in [0.4, 0.5) is 0 Å². The van der Waals surface area contributed by atoms with Gasteiger partial charge in [0.1, 0.15) is 0 Å². The highest BCUT2D eigenvalue weighted by molar-refractivity contribution is 5.92. The van der Waals surface area contributed by atoms with Gasteiger partial charge in [-0.1, -0.05) is 18.2 Å². The standard InChI is InChI=1S/C13H15N3O/c1-10(2)14-13(17)12-8-9-16(15-12)11-6-4-3-5-7-11/h3-10H,1-2H3,(H,14,17). The van der Waals surface area contributed by atoms with Crippen molar-refractivity contribution in [1.82, 2.24) is 15.1 Å². The minimum absolute atomic E-state index is 0.115. The Hall–Kier alpha value is -2.10. The summed E-state index contributed by atoms with van der Waals surface area (Å²) in [5, 5.41) is 7.05. The van der Waals surface area contributed by atoms with Crippen molar-refractivity contribution in [3.05, 3.63) is 48.3 Å². The Morgan fingerprint density at radius 2 is 1.94 bits per heavy atom. The van der Waals surface area contributed by atoms with Gasteiger partial charge in [-0.2, -0.15) is 5.10 Å². The van der Waals surface area contributed by atoms with E-state index in [-0.39, 0.29) is 11.9 Å². The predicted molar refractivity (Wildman–Crippen MR) is 66.2 cm³/mol. The first-order valence-corrected chi connectivity index (χ1v) is 5.59. The highest BCUT2D eigenvalue weighted by Crippen LogP contribution is 2.06. The van der Waals surface area contributed by atoms with Gasteiger partial charge in [-0.3, -0.25) is 4.79 Å². The minimum Gasteiger partial charge on any atom is -0.348 e. The number of amides is 1. The number of aromatic nitrogens is 2. The number of hydrogen-bond donors (Lipinski definition) is 1. The second-order valence-corrected chi connectivity index (χ2v) is 4.11. The van der Waals surface area contributed by atoms with Gasteiger partial charge in [0, 0.05) is 12.2 Å². The molecule has 4 nitrogen and oxygen atoms in total. The molecule has 1 aromatic carbocycles. The molecule has 4 heteroatoms. The molecule has 1 N–H and O–H groups in total. The number of carbonyl (C=O) groups is 1. The summed E-state index contributed by atoms with van der Waals surface area (Å²) in [6.07, 6.45) is 1.78. The van der Waals surface area contributed by atoms with E-state index in [9.17, 15) is 4.79 Å². The zero-order valence-corrected chi connectivity index (χ0v) is 9.92. The maximum absolute atomic E-state index is 11.7. The van der Waals surface area contributed by atoms with Crippen molar-refractivity contribution in [1.29, 1.82) is 0 Å². The summed E-state index contributed by atoms with van der Waals surface area (Å²) in [5.74, 6) is -0.144.